The van der Waals surface area contributed by atoms with Crippen LogP contribution in [-0.2, 0) is 6.54 Å². The van der Waals surface area contributed by atoms with Crippen molar-refractivity contribution >= 4 is 5.96 Å². The lowest BCUT2D eigenvalue weighted by molar-refractivity contribution is 0.314. The molecule has 0 radical (unpaired) electrons. The average molecular weight is 314 g/mol. The van der Waals surface area contributed by atoms with Crippen molar-refractivity contribution in [1.29, 1.82) is 0 Å². The summed E-state index contributed by atoms with van der Waals surface area (Å²) in [6.45, 7) is 8.69. The second-order valence-corrected chi connectivity index (χ2v) is 7.12. The molecule has 0 amide bonds. The minimum absolute atomic E-state index is 0.760. The maximum Gasteiger partial charge on any atom is 0.191 e. The summed E-state index contributed by atoms with van der Waals surface area (Å²) in [7, 11) is 1.85. The lowest BCUT2D eigenvalue weighted by Gasteiger charge is -2.17. The molecule has 2 N–H and O–H groups in total. The van der Waals surface area contributed by atoms with Gasteiger partial charge in [-0.3, -0.25) is 4.99 Å². The number of nitrogens with zero attached hydrogens (tertiary/aromatic N) is 2. The molecule has 4 heteroatoms. The smallest absolute Gasteiger partial charge is 0.191 e. The van der Waals surface area contributed by atoms with E-state index in [9.17, 15) is 0 Å². The van der Waals surface area contributed by atoms with Gasteiger partial charge >= 0.3 is 0 Å². The Labute approximate surface area is 140 Å². The summed E-state index contributed by atoms with van der Waals surface area (Å²) in [5.41, 5.74) is 3.98. The first-order chi connectivity index (χ1) is 11.2. The summed E-state index contributed by atoms with van der Waals surface area (Å²) >= 11 is 0. The molecule has 1 aromatic rings. The molecule has 23 heavy (non-hydrogen) atoms. The molecular formula is C19H30N4. The second kappa shape index (κ2) is 7.35. The first kappa shape index (κ1) is 16.3. The summed E-state index contributed by atoms with van der Waals surface area (Å²) in [5, 5.41) is 6.95. The number of hydrogen-bond donors (Lipinski definition) is 2. The average Bonchev–Trinajstić information content (AvgIpc) is 3.28. The van der Waals surface area contributed by atoms with Gasteiger partial charge in [-0.2, -0.15) is 0 Å². The molecule has 1 unspecified atom stereocenters. The highest BCUT2D eigenvalue weighted by atomic mass is 15.2. The molecule has 0 bridgehead atoms. The Hall–Kier alpha value is -1.55. The predicted molar refractivity (Wildman–Crippen MR) is 96.8 cm³/mol. The van der Waals surface area contributed by atoms with E-state index in [4.69, 9.17) is 0 Å². The Morgan fingerprint density at radius 3 is 2.74 bits per heavy atom. The van der Waals surface area contributed by atoms with Crippen LogP contribution in [0.4, 0.5) is 0 Å². The number of hydrogen-bond acceptors (Lipinski definition) is 2. The minimum Gasteiger partial charge on any atom is -0.356 e. The summed E-state index contributed by atoms with van der Waals surface area (Å²) in [5.74, 6) is 1.67. The first-order valence-electron chi connectivity index (χ1n) is 8.90. The topological polar surface area (TPSA) is 39.7 Å². The van der Waals surface area contributed by atoms with Crippen molar-refractivity contribution in [2.45, 2.75) is 45.7 Å². The van der Waals surface area contributed by atoms with E-state index in [1.807, 2.05) is 7.05 Å². The molecule has 2 fully saturated rings. The zero-order valence-electron chi connectivity index (χ0n) is 14.7. The van der Waals surface area contributed by atoms with Crippen LogP contribution in [-0.4, -0.2) is 43.6 Å². The SMILES string of the molecule is CN=C(NCc1ccc(C)cc1C)NCC1CCN(C2CC2)C1. The van der Waals surface area contributed by atoms with Crippen LogP contribution >= 0.6 is 0 Å². The first-order valence-corrected chi connectivity index (χ1v) is 8.90. The number of likely N-dealkylation sites (tertiary alicyclic amines) is 1. The molecule has 4 nitrogen and oxygen atoms in total. The Morgan fingerprint density at radius 1 is 1.22 bits per heavy atom. The van der Waals surface area contributed by atoms with Crippen molar-refractivity contribution in [2.75, 3.05) is 26.7 Å². The molecule has 1 aliphatic heterocycles. The van der Waals surface area contributed by atoms with Gasteiger partial charge in [0.25, 0.3) is 0 Å². The van der Waals surface area contributed by atoms with Gasteiger partial charge in [0.15, 0.2) is 5.96 Å². The summed E-state index contributed by atoms with van der Waals surface area (Å²) < 4.78 is 0. The zero-order valence-corrected chi connectivity index (χ0v) is 14.7. The number of nitrogens with one attached hydrogen (secondary N) is 2. The molecule has 2 aliphatic rings. The normalized spacial score (nSPS) is 22.4. The molecule has 1 aromatic carbocycles. The molecule has 3 rings (SSSR count). The van der Waals surface area contributed by atoms with Crippen molar-refractivity contribution < 1.29 is 0 Å². The van der Waals surface area contributed by atoms with E-state index in [0.717, 1.165) is 31.0 Å². The molecule has 1 aliphatic carbocycles. The van der Waals surface area contributed by atoms with Gasteiger partial charge in [0.2, 0.25) is 0 Å². The van der Waals surface area contributed by atoms with Crippen molar-refractivity contribution in [3.8, 4) is 0 Å². The summed E-state index contributed by atoms with van der Waals surface area (Å²) in [6, 6.07) is 7.51. The standard InChI is InChI=1S/C19H30N4/c1-14-4-5-17(15(2)10-14)12-22-19(20-3)21-11-16-8-9-23(13-16)18-6-7-18/h4-5,10,16,18H,6-9,11-13H2,1-3H3,(H2,20,21,22). The highest BCUT2D eigenvalue weighted by molar-refractivity contribution is 5.79. The predicted octanol–water partition coefficient (Wildman–Crippen LogP) is 2.45. The van der Waals surface area contributed by atoms with Gasteiger partial charge in [-0.1, -0.05) is 23.8 Å². The lowest BCUT2D eigenvalue weighted by atomic mass is 10.1. The fourth-order valence-electron chi connectivity index (χ4n) is 3.49. The van der Waals surface area contributed by atoms with Gasteiger partial charge in [0.05, 0.1) is 0 Å². The van der Waals surface area contributed by atoms with E-state index in [2.05, 4.69) is 52.6 Å². The molecule has 0 spiro atoms. The quantitative estimate of drug-likeness (QED) is 0.648. The van der Waals surface area contributed by atoms with Crippen molar-refractivity contribution in [3.63, 3.8) is 0 Å². The third kappa shape index (κ3) is 4.47. The van der Waals surface area contributed by atoms with Crippen LogP contribution in [0.5, 0.6) is 0 Å². The highest BCUT2D eigenvalue weighted by Gasteiger charge is 2.34. The van der Waals surface area contributed by atoms with Gasteiger partial charge < -0.3 is 15.5 Å². The Bertz CT molecular complexity index is 562. The van der Waals surface area contributed by atoms with Crippen LogP contribution in [0.3, 0.4) is 0 Å². The number of guanidine groups is 1. The van der Waals surface area contributed by atoms with Crippen LogP contribution in [0.25, 0.3) is 0 Å². The Morgan fingerprint density at radius 2 is 2.04 bits per heavy atom. The maximum absolute atomic E-state index is 4.36. The number of benzene rings is 1. The van der Waals surface area contributed by atoms with Crippen LogP contribution in [0.15, 0.2) is 23.2 Å². The van der Waals surface area contributed by atoms with E-state index in [1.54, 1.807) is 0 Å². The third-order valence-corrected chi connectivity index (χ3v) is 5.11. The van der Waals surface area contributed by atoms with E-state index in [0.29, 0.717) is 0 Å². The lowest BCUT2D eigenvalue weighted by Crippen LogP contribution is -2.40. The van der Waals surface area contributed by atoms with E-state index in [1.165, 1.54) is 49.0 Å². The van der Waals surface area contributed by atoms with Crippen LogP contribution in [0.1, 0.15) is 36.0 Å². The number of aryl methyl sites for hydroxylation is 2. The number of aliphatic imine (C=N–C) groups is 1. The van der Waals surface area contributed by atoms with Gasteiger partial charge in [-0.25, -0.2) is 0 Å². The monoisotopic (exact) mass is 314 g/mol. The van der Waals surface area contributed by atoms with E-state index >= 15 is 0 Å². The Kier molecular flexibility index (Phi) is 5.21. The fraction of sp³-hybridized carbons (Fsp3) is 0.632. The van der Waals surface area contributed by atoms with Gasteiger partial charge in [-0.05, 0) is 56.7 Å². The van der Waals surface area contributed by atoms with Crippen molar-refractivity contribution in [2.24, 2.45) is 10.9 Å². The van der Waals surface area contributed by atoms with E-state index < -0.39 is 0 Å². The molecule has 1 saturated heterocycles. The zero-order chi connectivity index (χ0) is 16.2. The van der Waals surface area contributed by atoms with E-state index in [-0.39, 0.29) is 0 Å². The Balaban J connectivity index is 1.43. The van der Waals surface area contributed by atoms with Crippen LogP contribution in [0, 0.1) is 19.8 Å². The number of rotatable bonds is 5. The highest BCUT2D eigenvalue weighted by Crippen LogP contribution is 2.31. The summed E-state index contributed by atoms with van der Waals surface area (Å²) in [4.78, 5) is 7.02. The molecular weight excluding hydrogens is 284 g/mol. The largest absolute Gasteiger partial charge is 0.356 e. The minimum atomic E-state index is 0.760. The van der Waals surface area contributed by atoms with Crippen molar-refractivity contribution in [3.05, 3.63) is 34.9 Å². The fourth-order valence-corrected chi connectivity index (χ4v) is 3.49. The molecule has 1 saturated carbocycles. The molecule has 0 aromatic heterocycles. The van der Waals surface area contributed by atoms with Crippen LogP contribution in [0.2, 0.25) is 0 Å². The van der Waals surface area contributed by atoms with Gasteiger partial charge in [0, 0.05) is 32.7 Å². The molecule has 126 valence electrons. The summed E-state index contributed by atoms with van der Waals surface area (Å²) in [6.07, 6.45) is 4.15. The second-order valence-electron chi connectivity index (χ2n) is 7.12. The maximum atomic E-state index is 4.36. The molecule has 1 atom stereocenters. The third-order valence-electron chi connectivity index (χ3n) is 5.11. The molecule has 1 heterocycles. The van der Waals surface area contributed by atoms with Gasteiger partial charge in [0.1, 0.15) is 0 Å². The van der Waals surface area contributed by atoms with Gasteiger partial charge in [-0.15, -0.1) is 0 Å². The van der Waals surface area contributed by atoms with Crippen molar-refractivity contribution in [1.82, 2.24) is 15.5 Å². The van der Waals surface area contributed by atoms with Crippen LogP contribution < -0.4 is 10.6 Å².